The van der Waals surface area contributed by atoms with Gasteiger partial charge >= 0.3 is 0 Å². The third kappa shape index (κ3) is 4.04. The molecule has 168 valence electrons. The van der Waals surface area contributed by atoms with E-state index < -0.39 is 18.2 Å². The van der Waals surface area contributed by atoms with Crippen LogP contribution in [0.4, 0.5) is 0 Å². The average Bonchev–Trinajstić information content (AvgIpc) is 3.40. The van der Waals surface area contributed by atoms with E-state index >= 15 is 0 Å². The number of fused-ring (bicyclic) bond motifs is 1. The fraction of sp³-hybridized carbons (Fsp3) is 0.565. The molecule has 2 aliphatic rings. The fourth-order valence-corrected chi connectivity index (χ4v) is 5.83. The Bertz CT molecular complexity index is 973. The van der Waals surface area contributed by atoms with Crippen LogP contribution in [-0.2, 0) is 21.3 Å². The van der Waals surface area contributed by atoms with E-state index in [2.05, 4.69) is 26.8 Å². The van der Waals surface area contributed by atoms with E-state index in [9.17, 15) is 10.1 Å². The van der Waals surface area contributed by atoms with Gasteiger partial charge in [-0.25, -0.2) is 0 Å². The van der Waals surface area contributed by atoms with Crippen LogP contribution in [-0.4, -0.2) is 38.4 Å². The third-order valence-corrected chi connectivity index (χ3v) is 7.69. The van der Waals surface area contributed by atoms with Crippen LogP contribution >= 0.6 is 11.3 Å². The van der Waals surface area contributed by atoms with Crippen molar-refractivity contribution in [1.82, 2.24) is 0 Å². The minimum absolute atomic E-state index is 0.0878. The molecule has 0 saturated carbocycles. The first kappa shape index (κ1) is 22.0. The van der Waals surface area contributed by atoms with Crippen LogP contribution in [0.15, 0.2) is 18.2 Å². The van der Waals surface area contributed by atoms with E-state index in [1.807, 2.05) is 12.1 Å². The Balaban J connectivity index is 1.92. The molecule has 8 heteroatoms. The maximum atomic E-state index is 12.2. The highest BCUT2D eigenvalue weighted by Gasteiger charge is 2.43. The van der Waals surface area contributed by atoms with Crippen molar-refractivity contribution in [3.05, 3.63) is 54.8 Å². The van der Waals surface area contributed by atoms with Crippen molar-refractivity contribution in [2.75, 3.05) is 27.4 Å². The van der Waals surface area contributed by atoms with E-state index in [1.165, 1.54) is 0 Å². The second-order valence-corrected chi connectivity index (χ2v) is 10.1. The lowest BCUT2D eigenvalue weighted by Crippen LogP contribution is -2.33. The molecule has 31 heavy (non-hydrogen) atoms. The lowest BCUT2D eigenvalue weighted by molar-refractivity contribution is -0.526. The molecule has 1 aliphatic carbocycles. The molecule has 0 amide bonds. The second kappa shape index (κ2) is 8.41. The number of methoxy groups -OCH3 is 2. The molecule has 1 saturated heterocycles. The zero-order valence-corrected chi connectivity index (χ0v) is 19.4. The molecule has 1 fully saturated rings. The molecule has 0 N–H and O–H groups in total. The van der Waals surface area contributed by atoms with Crippen LogP contribution < -0.4 is 9.47 Å². The number of ether oxygens (including phenoxy) is 4. The molecule has 2 atom stereocenters. The van der Waals surface area contributed by atoms with Gasteiger partial charge < -0.3 is 18.9 Å². The maximum absolute atomic E-state index is 12.2. The molecule has 0 spiro atoms. The van der Waals surface area contributed by atoms with Crippen molar-refractivity contribution in [2.45, 2.75) is 57.3 Å². The van der Waals surface area contributed by atoms with Crippen molar-refractivity contribution < 1.29 is 23.9 Å². The lowest BCUT2D eigenvalue weighted by Gasteiger charge is -2.30. The number of hydrogen-bond donors (Lipinski definition) is 0. The maximum Gasteiger partial charge on any atom is 0.225 e. The van der Waals surface area contributed by atoms with Crippen LogP contribution in [0, 0.1) is 10.1 Å². The van der Waals surface area contributed by atoms with Crippen molar-refractivity contribution in [3.8, 4) is 11.5 Å². The normalized spacial score (nSPS) is 21.7. The van der Waals surface area contributed by atoms with E-state index in [0.29, 0.717) is 37.6 Å². The first-order valence-corrected chi connectivity index (χ1v) is 11.3. The average molecular weight is 448 g/mol. The van der Waals surface area contributed by atoms with E-state index in [0.717, 1.165) is 26.4 Å². The van der Waals surface area contributed by atoms with Crippen LogP contribution in [0.5, 0.6) is 11.5 Å². The Hall–Kier alpha value is -2.16. The Morgan fingerprint density at radius 3 is 2.29 bits per heavy atom. The number of hydrogen-bond acceptors (Lipinski definition) is 7. The van der Waals surface area contributed by atoms with Crippen LogP contribution in [0.2, 0.25) is 0 Å². The summed E-state index contributed by atoms with van der Waals surface area (Å²) in [6, 6.07) is 5.25. The highest BCUT2D eigenvalue weighted by Crippen LogP contribution is 2.49. The molecule has 1 aromatic heterocycles. The zero-order valence-electron chi connectivity index (χ0n) is 18.6. The van der Waals surface area contributed by atoms with Gasteiger partial charge in [-0.15, -0.1) is 11.3 Å². The van der Waals surface area contributed by atoms with Gasteiger partial charge in [0, 0.05) is 26.7 Å². The Kier molecular flexibility index (Phi) is 5.98. The summed E-state index contributed by atoms with van der Waals surface area (Å²) in [4.78, 5) is 14.1. The number of aryl methyl sites for hydroxylation is 1. The molecule has 2 aromatic rings. The van der Waals surface area contributed by atoms with Gasteiger partial charge in [0.15, 0.2) is 17.8 Å². The number of benzene rings is 1. The quantitative estimate of drug-likeness (QED) is 0.482. The number of thiophene rings is 1. The molecule has 4 rings (SSSR count). The van der Waals surface area contributed by atoms with E-state index in [1.54, 1.807) is 25.6 Å². The highest BCUT2D eigenvalue weighted by atomic mass is 32.1. The summed E-state index contributed by atoms with van der Waals surface area (Å²) in [7, 11) is 3.19. The van der Waals surface area contributed by atoms with Crippen LogP contribution in [0.25, 0.3) is 0 Å². The Labute approximate surface area is 186 Å². The van der Waals surface area contributed by atoms with Crippen molar-refractivity contribution >= 4 is 11.3 Å². The Morgan fingerprint density at radius 2 is 1.71 bits per heavy atom. The van der Waals surface area contributed by atoms with Gasteiger partial charge in [-0.3, -0.25) is 10.1 Å². The molecule has 1 aromatic carbocycles. The Morgan fingerprint density at radius 1 is 1.06 bits per heavy atom. The molecule has 0 unspecified atom stereocenters. The smallest absolute Gasteiger partial charge is 0.225 e. The summed E-state index contributed by atoms with van der Waals surface area (Å²) in [6.45, 7) is 7.49. The summed E-state index contributed by atoms with van der Waals surface area (Å²) in [5.74, 6) is 0.823. The summed E-state index contributed by atoms with van der Waals surface area (Å²) >= 11 is 1.63. The summed E-state index contributed by atoms with van der Waals surface area (Å²) in [5, 5.41) is 12.2. The predicted octanol–water partition coefficient (Wildman–Crippen LogP) is 4.83. The molecule has 0 bridgehead atoms. The standard InChI is InChI=1S/C23H29NO6S/c1-23(2,3)19-12-15(22-29-8-9-30-22)21(31-19)20-14-11-18(28-5)17(27-4)10-13(14)6-7-16(20)24(25)26/h10-12,16,20,22H,6-9H2,1-5H3/t16-,20-/m0/s1. The first-order chi connectivity index (χ1) is 14.7. The number of nitrogens with zero attached hydrogens (tertiary/aromatic N) is 1. The minimum atomic E-state index is -0.725. The summed E-state index contributed by atoms with van der Waals surface area (Å²) in [5.41, 5.74) is 2.81. The van der Waals surface area contributed by atoms with Gasteiger partial charge in [-0.2, -0.15) is 0 Å². The van der Waals surface area contributed by atoms with Crippen molar-refractivity contribution in [1.29, 1.82) is 0 Å². The van der Waals surface area contributed by atoms with Crippen LogP contribution in [0.3, 0.4) is 0 Å². The summed E-state index contributed by atoms with van der Waals surface area (Å²) < 4.78 is 22.7. The van der Waals surface area contributed by atoms with Gasteiger partial charge in [0.05, 0.1) is 33.4 Å². The van der Waals surface area contributed by atoms with Gasteiger partial charge in [-0.1, -0.05) is 20.8 Å². The highest BCUT2D eigenvalue weighted by molar-refractivity contribution is 7.12. The number of nitro groups is 1. The lowest BCUT2D eigenvalue weighted by atomic mass is 9.77. The topological polar surface area (TPSA) is 80.1 Å². The molecule has 0 radical (unpaired) electrons. The first-order valence-electron chi connectivity index (χ1n) is 10.5. The monoisotopic (exact) mass is 447 g/mol. The van der Waals surface area contributed by atoms with E-state index in [4.69, 9.17) is 18.9 Å². The molecule has 2 heterocycles. The van der Waals surface area contributed by atoms with Crippen molar-refractivity contribution in [3.63, 3.8) is 0 Å². The van der Waals surface area contributed by atoms with E-state index in [-0.39, 0.29) is 10.3 Å². The third-order valence-electron chi connectivity index (χ3n) is 6.03. The zero-order chi connectivity index (χ0) is 22.3. The molecule has 7 nitrogen and oxygen atoms in total. The van der Waals surface area contributed by atoms with Gasteiger partial charge in [0.25, 0.3) is 0 Å². The summed E-state index contributed by atoms with van der Waals surface area (Å²) in [6.07, 6.45) is 0.607. The largest absolute Gasteiger partial charge is 0.493 e. The molecular weight excluding hydrogens is 418 g/mol. The molecule has 1 aliphatic heterocycles. The van der Waals surface area contributed by atoms with Gasteiger partial charge in [-0.05, 0) is 41.2 Å². The van der Waals surface area contributed by atoms with Crippen LogP contribution in [0.1, 0.15) is 65.8 Å². The van der Waals surface area contributed by atoms with Crippen molar-refractivity contribution in [2.24, 2.45) is 0 Å². The molecular formula is C23H29NO6S. The minimum Gasteiger partial charge on any atom is -0.493 e. The predicted molar refractivity (Wildman–Crippen MR) is 118 cm³/mol. The van der Waals surface area contributed by atoms with Gasteiger partial charge in [0.1, 0.15) is 0 Å². The SMILES string of the molecule is COc1cc2c(cc1OC)[C@H](c1sc(C(C)(C)C)cc1C1OCCO1)[C@@H]([N+](=O)[O-])CC2. The fourth-order valence-electron chi connectivity index (χ4n) is 4.42. The van der Waals surface area contributed by atoms with Gasteiger partial charge in [0.2, 0.25) is 6.04 Å². The number of rotatable bonds is 5. The second-order valence-electron chi connectivity index (χ2n) is 9.03.